The zero-order valence-electron chi connectivity index (χ0n) is 17.3. The minimum absolute atomic E-state index is 0.0870. The highest BCUT2D eigenvalue weighted by atomic mass is 19.4. The Morgan fingerprint density at radius 1 is 1.00 bits per heavy atom. The Labute approximate surface area is 181 Å². The number of imidazole rings is 1. The second-order valence-corrected chi connectivity index (χ2v) is 7.73. The summed E-state index contributed by atoms with van der Waals surface area (Å²) in [7, 11) is 2.12. The van der Waals surface area contributed by atoms with Gasteiger partial charge in [0.2, 0.25) is 0 Å². The second kappa shape index (κ2) is 7.83. The first kappa shape index (κ1) is 20.3. The lowest BCUT2D eigenvalue weighted by Crippen LogP contribution is -2.44. The highest BCUT2D eigenvalue weighted by molar-refractivity contribution is 5.75. The number of H-pyrrole nitrogens is 1. The number of aromatic nitrogens is 5. The Kier molecular flexibility index (Phi) is 4.97. The molecule has 0 amide bonds. The van der Waals surface area contributed by atoms with Crippen LogP contribution in [0.25, 0.3) is 16.9 Å². The second-order valence-electron chi connectivity index (χ2n) is 7.73. The number of nitrogens with zero attached hydrogens (tertiary/aromatic N) is 6. The van der Waals surface area contributed by atoms with Crippen LogP contribution >= 0.6 is 0 Å². The summed E-state index contributed by atoms with van der Waals surface area (Å²) in [6, 6.07) is 8.01. The molecule has 0 unspecified atom stereocenters. The molecule has 1 aliphatic rings. The van der Waals surface area contributed by atoms with Gasteiger partial charge in [-0.3, -0.25) is 9.50 Å². The third kappa shape index (κ3) is 3.75. The van der Waals surface area contributed by atoms with Crippen LogP contribution < -0.4 is 10.2 Å². The van der Waals surface area contributed by atoms with E-state index in [0.717, 1.165) is 43.8 Å². The summed E-state index contributed by atoms with van der Waals surface area (Å²) in [5.74, 6) is 0.447. The lowest BCUT2D eigenvalue weighted by Gasteiger charge is -2.34. The number of rotatable bonds is 4. The van der Waals surface area contributed by atoms with Gasteiger partial charge < -0.3 is 15.1 Å². The van der Waals surface area contributed by atoms with Gasteiger partial charge in [0.15, 0.2) is 11.5 Å². The number of hydrogen-bond acceptors (Lipinski definition) is 6. The molecule has 0 atom stereocenters. The average molecular weight is 442 g/mol. The van der Waals surface area contributed by atoms with Gasteiger partial charge in [-0.2, -0.15) is 18.3 Å². The van der Waals surface area contributed by atoms with Gasteiger partial charge in [0.05, 0.1) is 23.7 Å². The minimum atomic E-state index is -4.55. The van der Waals surface area contributed by atoms with Crippen molar-refractivity contribution < 1.29 is 13.2 Å². The van der Waals surface area contributed by atoms with E-state index in [1.54, 1.807) is 10.6 Å². The summed E-state index contributed by atoms with van der Waals surface area (Å²) in [5.41, 5.74) is 1.62. The van der Waals surface area contributed by atoms with Gasteiger partial charge in [0.25, 0.3) is 0 Å². The quantitative estimate of drug-likeness (QED) is 0.503. The van der Waals surface area contributed by atoms with Gasteiger partial charge in [0, 0.05) is 49.9 Å². The van der Waals surface area contributed by atoms with Crippen molar-refractivity contribution in [2.24, 2.45) is 0 Å². The van der Waals surface area contributed by atoms with E-state index in [-0.39, 0.29) is 11.3 Å². The molecule has 2 N–H and O–H groups in total. The molecule has 0 radical (unpaired) electrons. The average Bonchev–Trinajstić information content (AvgIpc) is 3.45. The van der Waals surface area contributed by atoms with Gasteiger partial charge in [-0.05, 0) is 31.3 Å². The Balaban J connectivity index is 1.41. The van der Waals surface area contributed by atoms with Crippen LogP contribution in [0.5, 0.6) is 0 Å². The van der Waals surface area contributed by atoms with Crippen molar-refractivity contribution in [2.45, 2.75) is 6.18 Å². The number of anilines is 3. The minimum Gasteiger partial charge on any atom is -0.369 e. The molecule has 3 aromatic heterocycles. The van der Waals surface area contributed by atoms with E-state index in [4.69, 9.17) is 0 Å². The molecule has 0 aliphatic carbocycles. The van der Waals surface area contributed by atoms with E-state index in [9.17, 15) is 13.2 Å². The van der Waals surface area contributed by atoms with Crippen LogP contribution in [-0.4, -0.2) is 62.7 Å². The Morgan fingerprint density at radius 2 is 1.75 bits per heavy atom. The van der Waals surface area contributed by atoms with Crippen LogP contribution in [0.1, 0.15) is 5.69 Å². The van der Waals surface area contributed by atoms with Gasteiger partial charge in [-0.15, -0.1) is 0 Å². The van der Waals surface area contributed by atoms with E-state index in [1.165, 1.54) is 12.4 Å². The number of fused-ring (bicyclic) bond motifs is 1. The van der Waals surface area contributed by atoms with Crippen molar-refractivity contribution >= 4 is 22.8 Å². The van der Waals surface area contributed by atoms with Crippen molar-refractivity contribution in [3.63, 3.8) is 0 Å². The summed E-state index contributed by atoms with van der Waals surface area (Å²) in [5, 5.41) is 8.82. The number of alkyl halides is 3. The Bertz CT molecular complexity index is 1220. The van der Waals surface area contributed by atoms with Crippen LogP contribution in [0, 0.1) is 0 Å². The van der Waals surface area contributed by atoms with Crippen molar-refractivity contribution in [2.75, 3.05) is 43.4 Å². The molecular weight excluding hydrogens is 421 g/mol. The van der Waals surface area contributed by atoms with Crippen LogP contribution in [0.15, 0.2) is 49.1 Å². The zero-order chi connectivity index (χ0) is 22.3. The SMILES string of the molecule is CN1CCN(c2ccc(Nc3ncc(-c4cn[nH]c4C(F)(F)F)n4ccnc34)cc2)CC1. The van der Waals surface area contributed by atoms with Gasteiger partial charge >= 0.3 is 6.18 Å². The summed E-state index contributed by atoms with van der Waals surface area (Å²) in [6.07, 6.45) is 1.09. The first-order chi connectivity index (χ1) is 15.4. The zero-order valence-corrected chi connectivity index (χ0v) is 17.3. The van der Waals surface area contributed by atoms with Crippen LogP contribution in [0.2, 0.25) is 0 Å². The molecule has 0 saturated carbocycles. The van der Waals surface area contributed by atoms with Crippen molar-refractivity contribution in [3.05, 3.63) is 54.7 Å². The normalized spacial score (nSPS) is 15.4. The molecule has 5 rings (SSSR count). The molecule has 11 heteroatoms. The number of piperazine rings is 1. The maximum absolute atomic E-state index is 13.3. The fraction of sp³-hybridized carbons (Fsp3) is 0.286. The fourth-order valence-corrected chi connectivity index (χ4v) is 3.86. The maximum atomic E-state index is 13.3. The van der Waals surface area contributed by atoms with E-state index in [2.05, 4.69) is 37.2 Å². The number of aromatic amines is 1. The Morgan fingerprint density at radius 3 is 2.47 bits per heavy atom. The summed E-state index contributed by atoms with van der Waals surface area (Å²) < 4.78 is 41.5. The molecule has 1 fully saturated rings. The number of benzene rings is 1. The van der Waals surface area contributed by atoms with E-state index in [0.29, 0.717) is 11.5 Å². The first-order valence-electron chi connectivity index (χ1n) is 10.1. The summed E-state index contributed by atoms with van der Waals surface area (Å²) in [6.45, 7) is 4.02. The van der Waals surface area contributed by atoms with Crippen molar-refractivity contribution in [3.8, 4) is 11.3 Å². The predicted octanol–water partition coefficient (Wildman–Crippen LogP) is 3.63. The predicted molar refractivity (Wildman–Crippen MR) is 115 cm³/mol. The molecule has 0 spiro atoms. The maximum Gasteiger partial charge on any atom is 0.433 e. The van der Waals surface area contributed by atoms with Gasteiger partial charge in [-0.1, -0.05) is 0 Å². The highest BCUT2D eigenvalue weighted by Gasteiger charge is 2.36. The van der Waals surface area contributed by atoms with E-state index < -0.39 is 11.9 Å². The molecule has 8 nitrogen and oxygen atoms in total. The van der Waals surface area contributed by atoms with E-state index >= 15 is 0 Å². The van der Waals surface area contributed by atoms with Crippen molar-refractivity contribution in [1.82, 2.24) is 29.5 Å². The lowest BCUT2D eigenvalue weighted by molar-refractivity contribution is -0.140. The molecule has 166 valence electrons. The Hall–Kier alpha value is -3.60. The van der Waals surface area contributed by atoms with Crippen LogP contribution in [-0.2, 0) is 6.18 Å². The number of likely N-dealkylation sites (N-methyl/N-ethyl adjacent to an activating group) is 1. The molecule has 1 aliphatic heterocycles. The standard InChI is InChI=1S/C21H21F3N8/c1-30-8-10-31(11-9-30)15-4-2-14(3-5-15)28-19-20-25-6-7-32(20)17(13-26-19)16-12-27-29-18(16)21(22,23)24/h2-7,12-13H,8-11H2,1H3,(H,26,28)(H,27,29). The van der Waals surface area contributed by atoms with Gasteiger partial charge in [-0.25, -0.2) is 9.97 Å². The first-order valence-corrected chi connectivity index (χ1v) is 10.1. The summed E-state index contributed by atoms with van der Waals surface area (Å²) in [4.78, 5) is 13.3. The number of nitrogens with one attached hydrogen (secondary N) is 2. The number of hydrogen-bond donors (Lipinski definition) is 2. The smallest absolute Gasteiger partial charge is 0.369 e. The van der Waals surface area contributed by atoms with Crippen molar-refractivity contribution in [1.29, 1.82) is 0 Å². The van der Waals surface area contributed by atoms with Crippen LogP contribution in [0.4, 0.5) is 30.4 Å². The fourth-order valence-electron chi connectivity index (χ4n) is 3.86. The number of halogens is 3. The topological polar surface area (TPSA) is 77.4 Å². The lowest BCUT2D eigenvalue weighted by atomic mass is 10.2. The monoisotopic (exact) mass is 442 g/mol. The molecule has 4 heterocycles. The molecular formula is C21H21F3N8. The van der Waals surface area contributed by atoms with E-state index in [1.807, 2.05) is 29.4 Å². The molecule has 1 aromatic carbocycles. The largest absolute Gasteiger partial charge is 0.433 e. The third-order valence-electron chi connectivity index (χ3n) is 5.63. The van der Waals surface area contributed by atoms with Gasteiger partial charge in [0.1, 0.15) is 5.69 Å². The molecule has 4 aromatic rings. The molecule has 32 heavy (non-hydrogen) atoms. The van der Waals surface area contributed by atoms with Crippen LogP contribution in [0.3, 0.4) is 0 Å². The summed E-state index contributed by atoms with van der Waals surface area (Å²) >= 11 is 0. The third-order valence-corrected chi connectivity index (χ3v) is 5.63. The molecule has 1 saturated heterocycles. The highest BCUT2D eigenvalue weighted by Crippen LogP contribution is 2.36. The molecule has 0 bridgehead atoms.